The van der Waals surface area contributed by atoms with Gasteiger partial charge in [0.15, 0.2) is 0 Å². The monoisotopic (exact) mass is 292 g/mol. The molecular weight excluding hydrogens is 276 g/mol. The van der Waals surface area contributed by atoms with Crippen LogP contribution >= 0.6 is 11.3 Å². The lowest BCUT2D eigenvalue weighted by Gasteiger charge is -2.22. The third-order valence-electron chi connectivity index (χ3n) is 3.56. The van der Waals surface area contributed by atoms with Gasteiger partial charge < -0.3 is 15.2 Å². The number of carbonyl (C=O) groups is 1. The van der Waals surface area contributed by atoms with Gasteiger partial charge in [0.1, 0.15) is 10.7 Å². The molecule has 5 nitrogen and oxygen atoms in total. The predicted molar refractivity (Wildman–Crippen MR) is 78.6 cm³/mol. The molecule has 20 heavy (non-hydrogen) atoms. The van der Waals surface area contributed by atoms with Crippen molar-refractivity contribution in [3.8, 4) is 0 Å². The molecule has 0 saturated carbocycles. The van der Waals surface area contributed by atoms with E-state index in [1.807, 2.05) is 6.07 Å². The fourth-order valence-electron chi connectivity index (χ4n) is 2.40. The van der Waals surface area contributed by atoms with Crippen molar-refractivity contribution in [3.05, 3.63) is 23.2 Å². The van der Waals surface area contributed by atoms with Crippen LogP contribution < -0.4 is 5.32 Å². The number of aromatic carboxylic acids is 1. The molecule has 0 amide bonds. The van der Waals surface area contributed by atoms with Crippen LogP contribution in [0.25, 0.3) is 10.1 Å². The maximum atomic E-state index is 11.0. The van der Waals surface area contributed by atoms with Crippen LogP contribution in [0.15, 0.2) is 18.3 Å². The van der Waals surface area contributed by atoms with Gasteiger partial charge >= 0.3 is 5.97 Å². The maximum absolute atomic E-state index is 11.0. The molecule has 106 valence electrons. The second-order valence-electron chi connectivity index (χ2n) is 4.92. The van der Waals surface area contributed by atoms with E-state index < -0.39 is 5.97 Å². The summed E-state index contributed by atoms with van der Waals surface area (Å²) in [5, 5.41) is 13.3. The van der Waals surface area contributed by atoms with E-state index >= 15 is 0 Å². The summed E-state index contributed by atoms with van der Waals surface area (Å²) in [5.74, 6) is 0.484. The number of rotatable bonds is 4. The summed E-state index contributed by atoms with van der Waals surface area (Å²) in [6, 6.07) is 3.55. The molecule has 0 aliphatic carbocycles. The van der Waals surface area contributed by atoms with Crippen LogP contribution in [0.5, 0.6) is 0 Å². The molecule has 6 heteroatoms. The third-order valence-corrected chi connectivity index (χ3v) is 4.64. The number of nitrogens with zero attached hydrogens (tertiary/aromatic N) is 1. The van der Waals surface area contributed by atoms with Crippen molar-refractivity contribution in [1.82, 2.24) is 4.98 Å². The average molecular weight is 292 g/mol. The molecule has 0 radical (unpaired) electrons. The molecular formula is C14H16N2O3S. The first-order valence-electron chi connectivity index (χ1n) is 6.67. The zero-order chi connectivity index (χ0) is 13.9. The summed E-state index contributed by atoms with van der Waals surface area (Å²) in [4.78, 5) is 15.7. The average Bonchev–Trinajstić information content (AvgIpc) is 2.91. The van der Waals surface area contributed by atoms with Crippen molar-refractivity contribution < 1.29 is 14.6 Å². The lowest BCUT2D eigenvalue weighted by Crippen LogP contribution is -2.22. The van der Waals surface area contributed by atoms with Crippen molar-refractivity contribution in [3.63, 3.8) is 0 Å². The summed E-state index contributed by atoms with van der Waals surface area (Å²) in [5.41, 5.74) is 0. The minimum atomic E-state index is -0.887. The van der Waals surface area contributed by atoms with Crippen molar-refractivity contribution >= 4 is 33.2 Å². The Kier molecular flexibility index (Phi) is 3.84. The number of thiophene rings is 1. The summed E-state index contributed by atoms with van der Waals surface area (Å²) in [6.07, 6.45) is 3.84. The van der Waals surface area contributed by atoms with Gasteiger partial charge in [0.05, 0.1) is 0 Å². The molecule has 1 aliphatic heterocycles. The number of aromatic nitrogens is 1. The number of hydrogen-bond acceptors (Lipinski definition) is 5. The highest BCUT2D eigenvalue weighted by atomic mass is 32.1. The lowest BCUT2D eigenvalue weighted by molar-refractivity contribution is 0.0697. The van der Waals surface area contributed by atoms with Crippen LogP contribution in [0.4, 0.5) is 5.82 Å². The minimum Gasteiger partial charge on any atom is -0.477 e. The SMILES string of the molecule is O=C(O)c1cc2c(NCC3CCOCC3)nccc2s1. The number of fused-ring (bicyclic) bond motifs is 1. The summed E-state index contributed by atoms with van der Waals surface area (Å²) >= 11 is 1.28. The fraction of sp³-hybridized carbons (Fsp3) is 0.429. The molecule has 3 rings (SSSR count). The zero-order valence-corrected chi connectivity index (χ0v) is 11.8. The number of carboxylic acid groups (broad SMARTS) is 1. The number of anilines is 1. The van der Waals surface area contributed by atoms with Gasteiger partial charge in [0.2, 0.25) is 0 Å². The topological polar surface area (TPSA) is 71.5 Å². The molecule has 2 aromatic rings. The Bertz CT molecular complexity index is 620. The second-order valence-corrected chi connectivity index (χ2v) is 6.01. The van der Waals surface area contributed by atoms with E-state index in [1.54, 1.807) is 12.3 Å². The Morgan fingerprint density at radius 3 is 3.05 bits per heavy atom. The van der Waals surface area contributed by atoms with Crippen LogP contribution in [0.1, 0.15) is 22.5 Å². The predicted octanol–water partition coefficient (Wildman–Crippen LogP) is 2.83. The summed E-state index contributed by atoms with van der Waals surface area (Å²) in [7, 11) is 0. The number of carboxylic acids is 1. The number of ether oxygens (including phenoxy) is 1. The van der Waals surface area contributed by atoms with E-state index in [0.717, 1.165) is 48.5 Å². The quantitative estimate of drug-likeness (QED) is 0.906. The highest BCUT2D eigenvalue weighted by molar-refractivity contribution is 7.20. The highest BCUT2D eigenvalue weighted by Gasteiger charge is 2.15. The molecule has 0 bridgehead atoms. The molecule has 1 fully saturated rings. The van der Waals surface area contributed by atoms with Crippen molar-refractivity contribution in [2.75, 3.05) is 25.1 Å². The second kappa shape index (κ2) is 5.76. The molecule has 1 aliphatic rings. The Morgan fingerprint density at radius 2 is 2.30 bits per heavy atom. The van der Waals surface area contributed by atoms with Gasteiger partial charge in [0.25, 0.3) is 0 Å². The van der Waals surface area contributed by atoms with Gasteiger partial charge in [-0.1, -0.05) is 0 Å². The Balaban J connectivity index is 1.78. The summed E-state index contributed by atoms with van der Waals surface area (Å²) < 4.78 is 6.30. The van der Waals surface area contributed by atoms with Gasteiger partial charge in [-0.05, 0) is 30.9 Å². The van der Waals surface area contributed by atoms with Crippen molar-refractivity contribution in [1.29, 1.82) is 0 Å². The lowest BCUT2D eigenvalue weighted by atomic mass is 10.0. The standard InChI is InChI=1S/C14H16N2O3S/c17-14(18)12-7-10-11(20-12)1-4-15-13(10)16-8-9-2-5-19-6-3-9/h1,4,7,9H,2-3,5-6,8H2,(H,15,16)(H,17,18). The van der Waals surface area contributed by atoms with Gasteiger partial charge in [-0.3, -0.25) is 0 Å². The number of hydrogen-bond donors (Lipinski definition) is 2. The van der Waals surface area contributed by atoms with Gasteiger partial charge in [-0.2, -0.15) is 0 Å². The minimum absolute atomic E-state index is 0.349. The van der Waals surface area contributed by atoms with Crippen molar-refractivity contribution in [2.45, 2.75) is 12.8 Å². The molecule has 0 spiro atoms. The Morgan fingerprint density at radius 1 is 1.50 bits per heavy atom. The highest BCUT2D eigenvalue weighted by Crippen LogP contribution is 2.30. The van der Waals surface area contributed by atoms with Crippen LogP contribution in [-0.2, 0) is 4.74 Å². The molecule has 3 heterocycles. The molecule has 0 unspecified atom stereocenters. The van der Waals surface area contributed by atoms with E-state index in [1.165, 1.54) is 11.3 Å². The Labute approximate surface area is 120 Å². The third kappa shape index (κ3) is 2.76. The molecule has 2 aromatic heterocycles. The van der Waals surface area contributed by atoms with Gasteiger partial charge in [-0.25, -0.2) is 9.78 Å². The van der Waals surface area contributed by atoms with Gasteiger partial charge in [0, 0.05) is 36.0 Å². The van der Waals surface area contributed by atoms with Crippen LogP contribution in [0.3, 0.4) is 0 Å². The number of nitrogens with one attached hydrogen (secondary N) is 1. The van der Waals surface area contributed by atoms with Gasteiger partial charge in [-0.15, -0.1) is 11.3 Å². The van der Waals surface area contributed by atoms with E-state index in [4.69, 9.17) is 9.84 Å². The molecule has 0 atom stereocenters. The fourth-order valence-corrected chi connectivity index (χ4v) is 3.30. The largest absolute Gasteiger partial charge is 0.477 e. The van der Waals surface area contributed by atoms with Crippen molar-refractivity contribution in [2.24, 2.45) is 5.92 Å². The first-order chi connectivity index (χ1) is 9.74. The maximum Gasteiger partial charge on any atom is 0.345 e. The van der Waals surface area contributed by atoms with E-state index in [9.17, 15) is 4.79 Å². The van der Waals surface area contributed by atoms with Crippen LogP contribution in [-0.4, -0.2) is 35.8 Å². The first-order valence-corrected chi connectivity index (χ1v) is 7.49. The molecule has 1 saturated heterocycles. The first kappa shape index (κ1) is 13.3. The van der Waals surface area contributed by atoms with Crippen LogP contribution in [0, 0.1) is 5.92 Å². The normalized spacial score (nSPS) is 16.4. The smallest absolute Gasteiger partial charge is 0.345 e. The molecule has 2 N–H and O–H groups in total. The van der Waals surface area contributed by atoms with E-state index in [0.29, 0.717) is 10.8 Å². The Hall–Kier alpha value is -1.66. The zero-order valence-electron chi connectivity index (χ0n) is 11.0. The number of pyridine rings is 1. The van der Waals surface area contributed by atoms with E-state index in [2.05, 4.69) is 10.3 Å². The molecule has 0 aromatic carbocycles. The summed E-state index contributed by atoms with van der Waals surface area (Å²) in [6.45, 7) is 2.50. The van der Waals surface area contributed by atoms with Crippen LogP contribution in [0.2, 0.25) is 0 Å². The van der Waals surface area contributed by atoms with E-state index in [-0.39, 0.29) is 0 Å².